The molecule has 1 N–H and O–H groups in total. The van der Waals surface area contributed by atoms with Crippen LogP contribution in [0.3, 0.4) is 0 Å². The minimum absolute atomic E-state index is 0.0200. The Balaban J connectivity index is 1.93. The molecular formula is C15H19F3N2O2. The number of benzene rings is 1. The van der Waals surface area contributed by atoms with Crippen molar-refractivity contribution in [1.29, 1.82) is 0 Å². The predicted molar refractivity (Wildman–Crippen MR) is 74.7 cm³/mol. The van der Waals surface area contributed by atoms with Gasteiger partial charge in [0, 0.05) is 32.2 Å². The minimum atomic E-state index is -1.51. The summed E-state index contributed by atoms with van der Waals surface area (Å²) in [5.41, 5.74) is 0.186. The van der Waals surface area contributed by atoms with Crippen LogP contribution in [0.25, 0.3) is 0 Å². The highest BCUT2D eigenvalue weighted by molar-refractivity contribution is 5.74. The van der Waals surface area contributed by atoms with Crippen molar-refractivity contribution in [1.82, 2.24) is 10.2 Å². The molecule has 2 amide bonds. The quantitative estimate of drug-likeness (QED) is 0.868. The van der Waals surface area contributed by atoms with Crippen molar-refractivity contribution < 1.29 is 22.7 Å². The number of hydrogen-bond donors (Lipinski definition) is 1. The third-order valence-corrected chi connectivity index (χ3v) is 3.83. The molecule has 0 spiro atoms. The van der Waals surface area contributed by atoms with Gasteiger partial charge in [-0.05, 0) is 31.0 Å². The third-order valence-electron chi connectivity index (χ3n) is 3.83. The Morgan fingerprint density at radius 1 is 1.41 bits per heavy atom. The predicted octanol–water partition coefficient (Wildman–Crippen LogP) is 2.67. The molecule has 1 heterocycles. The molecular weight excluding hydrogens is 297 g/mol. The van der Waals surface area contributed by atoms with Crippen LogP contribution in [0.5, 0.6) is 0 Å². The molecule has 2 rings (SSSR count). The first kappa shape index (κ1) is 16.6. The van der Waals surface area contributed by atoms with Gasteiger partial charge in [-0.3, -0.25) is 0 Å². The van der Waals surface area contributed by atoms with Crippen LogP contribution in [0, 0.1) is 23.4 Å². The Labute approximate surface area is 127 Å². The highest BCUT2D eigenvalue weighted by Crippen LogP contribution is 2.17. The number of ether oxygens (including phenoxy) is 1. The zero-order chi connectivity index (χ0) is 16.3. The van der Waals surface area contributed by atoms with Gasteiger partial charge in [0.1, 0.15) is 0 Å². The van der Waals surface area contributed by atoms with Crippen LogP contribution in [0.1, 0.15) is 18.9 Å². The number of nitrogens with zero attached hydrogens (tertiary/aromatic N) is 1. The van der Waals surface area contributed by atoms with E-state index in [1.165, 1.54) is 11.9 Å². The number of nitrogens with one attached hydrogen (secondary N) is 1. The molecule has 22 heavy (non-hydrogen) atoms. The monoisotopic (exact) mass is 316 g/mol. The molecule has 0 aliphatic carbocycles. The molecule has 7 heteroatoms. The number of halogens is 3. The molecule has 122 valence electrons. The lowest BCUT2D eigenvalue weighted by Gasteiger charge is -2.24. The fourth-order valence-corrected chi connectivity index (χ4v) is 2.41. The Kier molecular flexibility index (Phi) is 5.28. The van der Waals surface area contributed by atoms with Crippen LogP contribution in [0.4, 0.5) is 18.0 Å². The lowest BCUT2D eigenvalue weighted by atomic mass is 10.0. The second kappa shape index (κ2) is 7.00. The third kappa shape index (κ3) is 3.91. The summed E-state index contributed by atoms with van der Waals surface area (Å²) in [6.45, 7) is 3.17. The maximum absolute atomic E-state index is 13.2. The molecule has 0 radical (unpaired) electrons. The van der Waals surface area contributed by atoms with Crippen molar-refractivity contribution in [3.8, 4) is 0 Å². The number of carbonyl (C=O) groups excluding carboxylic acids is 1. The topological polar surface area (TPSA) is 41.6 Å². The first-order valence-electron chi connectivity index (χ1n) is 7.11. The summed E-state index contributed by atoms with van der Waals surface area (Å²) in [6.07, 6.45) is 0.888. The molecule has 1 saturated heterocycles. The second-order valence-corrected chi connectivity index (χ2v) is 5.59. The van der Waals surface area contributed by atoms with Gasteiger partial charge in [0.2, 0.25) is 0 Å². The minimum Gasteiger partial charge on any atom is -0.381 e. The standard InChI is InChI=1S/C15H19F3N2O2/c1-9(11-3-4-22-8-11)19-15(21)20(2)7-10-5-12(16)14(18)13(17)6-10/h5-6,9,11H,3-4,7-8H2,1-2H3,(H,19,21)/t9-,11-/m1/s1. The van der Waals surface area contributed by atoms with E-state index >= 15 is 0 Å². The molecule has 2 atom stereocenters. The van der Waals surface area contributed by atoms with Gasteiger partial charge in [-0.2, -0.15) is 0 Å². The zero-order valence-corrected chi connectivity index (χ0v) is 12.5. The lowest BCUT2D eigenvalue weighted by Crippen LogP contribution is -2.44. The first-order valence-corrected chi connectivity index (χ1v) is 7.11. The maximum Gasteiger partial charge on any atom is 0.317 e. The van der Waals surface area contributed by atoms with Gasteiger partial charge in [-0.25, -0.2) is 18.0 Å². The van der Waals surface area contributed by atoms with E-state index in [1.54, 1.807) is 0 Å². The van der Waals surface area contributed by atoms with Gasteiger partial charge in [-0.15, -0.1) is 0 Å². The normalized spacial score (nSPS) is 19.0. The number of urea groups is 1. The molecule has 1 fully saturated rings. The van der Waals surface area contributed by atoms with Gasteiger partial charge >= 0.3 is 6.03 Å². The van der Waals surface area contributed by atoms with E-state index in [4.69, 9.17) is 4.74 Å². The lowest BCUT2D eigenvalue weighted by molar-refractivity contribution is 0.173. The van der Waals surface area contributed by atoms with Crippen molar-refractivity contribution in [2.45, 2.75) is 25.9 Å². The fourth-order valence-electron chi connectivity index (χ4n) is 2.41. The van der Waals surface area contributed by atoms with E-state index in [9.17, 15) is 18.0 Å². The Bertz CT molecular complexity index is 525. The Morgan fingerprint density at radius 2 is 2.05 bits per heavy atom. The van der Waals surface area contributed by atoms with Crippen molar-refractivity contribution in [3.05, 3.63) is 35.1 Å². The summed E-state index contributed by atoms with van der Waals surface area (Å²) in [5, 5.41) is 2.83. The summed E-state index contributed by atoms with van der Waals surface area (Å²) >= 11 is 0. The van der Waals surface area contributed by atoms with E-state index in [-0.39, 0.29) is 30.1 Å². The smallest absolute Gasteiger partial charge is 0.317 e. The molecule has 1 aliphatic rings. The van der Waals surface area contributed by atoms with Crippen molar-refractivity contribution >= 4 is 6.03 Å². The summed E-state index contributed by atoms with van der Waals surface area (Å²) < 4.78 is 44.5. The zero-order valence-electron chi connectivity index (χ0n) is 12.5. The second-order valence-electron chi connectivity index (χ2n) is 5.59. The molecule has 0 bridgehead atoms. The summed E-state index contributed by atoms with van der Waals surface area (Å²) in [4.78, 5) is 13.4. The van der Waals surface area contributed by atoms with Crippen LogP contribution < -0.4 is 5.32 Å². The largest absolute Gasteiger partial charge is 0.381 e. The van der Waals surface area contributed by atoms with E-state index in [0.717, 1.165) is 18.6 Å². The summed E-state index contributed by atoms with van der Waals surface area (Å²) in [5.74, 6) is -3.77. The van der Waals surface area contributed by atoms with Gasteiger partial charge in [0.05, 0.1) is 6.61 Å². The number of hydrogen-bond acceptors (Lipinski definition) is 2. The molecule has 0 aromatic heterocycles. The van der Waals surface area contributed by atoms with Crippen molar-refractivity contribution in [3.63, 3.8) is 0 Å². The van der Waals surface area contributed by atoms with Crippen LogP contribution in [-0.4, -0.2) is 37.2 Å². The highest BCUT2D eigenvalue weighted by Gasteiger charge is 2.24. The van der Waals surface area contributed by atoms with Crippen molar-refractivity contribution in [2.75, 3.05) is 20.3 Å². The molecule has 0 unspecified atom stereocenters. The Morgan fingerprint density at radius 3 is 2.59 bits per heavy atom. The summed E-state index contributed by atoms with van der Waals surface area (Å²) in [7, 11) is 1.51. The maximum atomic E-state index is 13.2. The van der Waals surface area contributed by atoms with Crippen LogP contribution in [0.15, 0.2) is 12.1 Å². The van der Waals surface area contributed by atoms with Crippen LogP contribution in [-0.2, 0) is 11.3 Å². The highest BCUT2D eigenvalue weighted by atomic mass is 19.2. The van der Waals surface area contributed by atoms with Gasteiger partial charge in [0.25, 0.3) is 0 Å². The molecule has 1 aromatic rings. The molecule has 4 nitrogen and oxygen atoms in total. The molecule has 0 saturated carbocycles. The first-order chi connectivity index (χ1) is 10.4. The van der Waals surface area contributed by atoms with Gasteiger partial charge in [-0.1, -0.05) is 0 Å². The summed E-state index contributed by atoms with van der Waals surface area (Å²) in [6, 6.07) is 1.36. The number of rotatable bonds is 4. The molecule has 1 aromatic carbocycles. The average molecular weight is 316 g/mol. The number of amides is 2. The molecule has 1 aliphatic heterocycles. The fraction of sp³-hybridized carbons (Fsp3) is 0.533. The Hall–Kier alpha value is -1.76. The average Bonchev–Trinajstić information content (AvgIpc) is 2.98. The van der Waals surface area contributed by atoms with E-state index in [2.05, 4.69) is 5.32 Å². The van der Waals surface area contributed by atoms with E-state index in [0.29, 0.717) is 13.2 Å². The van der Waals surface area contributed by atoms with E-state index in [1.807, 2.05) is 6.92 Å². The van der Waals surface area contributed by atoms with Crippen LogP contribution in [0.2, 0.25) is 0 Å². The van der Waals surface area contributed by atoms with Crippen LogP contribution >= 0.6 is 0 Å². The van der Waals surface area contributed by atoms with Gasteiger partial charge < -0.3 is 15.0 Å². The van der Waals surface area contributed by atoms with E-state index < -0.39 is 17.5 Å². The SMILES string of the molecule is C[C@@H](NC(=O)N(C)Cc1cc(F)c(F)c(F)c1)[C@@H]1CCOC1. The van der Waals surface area contributed by atoms with Gasteiger partial charge in [0.15, 0.2) is 17.5 Å². The number of carbonyl (C=O) groups is 1. The van der Waals surface area contributed by atoms with Crippen molar-refractivity contribution in [2.24, 2.45) is 5.92 Å².